The summed E-state index contributed by atoms with van der Waals surface area (Å²) in [6.45, 7) is 3.77. The van der Waals surface area contributed by atoms with Gasteiger partial charge in [0.25, 0.3) is 5.91 Å². The van der Waals surface area contributed by atoms with Gasteiger partial charge in [-0.1, -0.05) is 24.3 Å². The maximum Gasteiger partial charge on any atom is 0.289 e. The summed E-state index contributed by atoms with van der Waals surface area (Å²) >= 11 is 0. The van der Waals surface area contributed by atoms with Crippen molar-refractivity contribution in [2.24, 2.45) is 5.92 Å². The van der Waals surface area contributed by atoms with Crippen molar-refractivity contribution in [2.45, 2.75) is 26.3 Å². The third-order valence-corrected chi connectivity index (χ3v) is 4.60. The number of carbonyl (C=O) groups excluding carboxylic acids is 2. The van der Waals surface area contributed by atoms with Crippen molar-refractivity contribution in [1.29, 1.82) is 0 Å². The van der Waals surface area contributed by atoms with Crippen LogP contribution in [-0.4, -0.2) is 29.8 Å². The van der Waals surface area contributed by atoms with Gasteiger partial charge in [0.05, 0.1) is 6.26 Å². The van der Waals surface area contributed by atoms with Crippen molar-refractivity contribution in [3.63, 3.8) is 0 Å². The zero-order valence-electron chi connectivity index (χ0n) is 13.8. The summed E-state index contributed by atoms with van der Waals surface area (Å²) in [5.74, 6) is 0.300. The van der Waals surface area contributed by atoms with Gasteiger partial charge in [-0.05, 0) is 43.0 Å². The molecule has 1 aromatic carbocycles. The van der Waals surface area contributed by atoms with Crippen molar-refractivity contribution in [1.82, 2.24) is 10.2 Å². The first-order chi connectivity index (χ1) is 11.6. The summed E-state index contributed by atoms with van der Waals surface area (Å²) in [4.78, 5) is 26.3. The normalized spacial score (nSPS) is 15.3. The highest BCUT2D eigenvalue weighted by Gasteiger charge is 2.28. The third kappa shape index (κ3) is 3.67. The molecule has 0 unspecified atom stereocenters. The Bertz CT molecular complexity index is 701. The van der Waals surface area contributed by atoms with E-state index in [0.29, 0.717) is 38.2 Å². The summed E-state index contributed by atoms with van der Waals surface area (Å²) in [5.41, 5.74) is 2.31. The van der Waals surface area contributed by atoms with Crippen molar-refractivity contribution >= 4 is 11.8 Å². The number of furan rings is 1. The molecule has 0 radical (unpaired) electrons. The van der Waals surface area contributed by atoms with Crippen molar-refractivity contribution < 1.29 is 14.0 Å². The Balaban J connectivity index is 1.48. The molecule has 1 N–H and O–H groups in total. The lowest BCUT2D eigenvalue weighted by Gasteiger charge is -2.30. The fourth-order valence-corrected chi connectivity index (χ4v) is 3.04. The van der Waals surface area contributed by atoms with Crippen LogP contribution in [0.5, 0.6) is 0 Å². The van der Waals surface area contributed by atoms with Crippen molar-refractivity contribution in [2.75, 3.05) is 13.1 Å². The van der Waals surface area contributed by atoms with Crippen LogP contribution in [0.25, 0.3) is 0 Å². The lowest BCUT2D eigenvalue weighted by Crippen LogP contribution is -2.42. The molecular formula is C19H22N2O3. The Morgan fingerprint density at radius 1 is 1.17 bits per heavy atom. The number of aryl methyl sites for hydroxylation is 1. The molecule has 126 valence electrons. The first-order valence-corrected chi connectivity index (χ1v) is 8.30. The largest absolute Gasteiger partial charge is 0.459 e. The molecule has 1 saturated heterocycles. The van der Waals surface area contributed by atoms with Gasteiger partial charge in [-0.15, -0.1) is 0 Å². The molecule has 2 aromatic rings. The molecule has 0 spiro atoms. The van der Waals surface area contributed by atoms with Crippen LogP contribution in [0, 0.1) is 12.8 Å². The standard InChI is InChI=1S/C19H22N2O3/c1-14-5-2-3-6-16(14)13-20-18(22)15-8-10-21(11-9-15)19(23)17-7-4-12-24-17/h2-7,12,15H,8-11,13H2,1H3,(H,20,22). The van der Waals surface area contributed by atoms with Crippen LogP contribution < -0.4 is 5.32 Å². The van der Waals surface area contributed by atoms with Crippen LogP contribution in [0.4, 0.5) is 0 Å². The van der Waals surface area contributed by atoms with E-state index in [4.69, 9.17) is 4.42 Å². The number of nitrogens with zero attached hydrogens (tertiary/aromatic N) is 1. The molecule has 0 aliphatic carbocycles. The molecule has 1 fully saturated rings. The van der Waals surface area contributed by atoms with E-state index < -0.39 is 0 Å². The number of nitrogens with one attached hydrogen (secondary N) is 1. The Morgan fingerprint density at radius 2 is 1.92 bits per heavy atom. The van der Waals surface area contributed by atoms with Gasteiger partial charge < -0.3 is 14.6 Å². The minimum atomic E-state index is -0.0984. The molecule has 1 aliphatic heterocycles. The SMILES string of the molecule is Cc1ccccc1CNC(=O)C1CCN(C(=O)c2ccco2)CC1. The van der Waals surface area contributed by atoms with Crippen molar-refractivity contribution in [3.8, 4) is 0 Å². The summed E-state index contributed by atoms with van der Waals surface area (Å²) in [6.07, 6.45) is 2.87. The fourth-order valence-electron chi connectivity index (χ4n) is 3.04. The Labute approximate surface area is 141 Å². The number of likely N-dealkylation sites (tertiary alicyclic amines) is 1. The third-order valence-electron chi connectivity index (χ3n) is 4.60. The summed E-state index contributed by atoms with van der Waals surface area (Å²) in [6, 6.07) is 11.4. The van der Waals surface area contributed by atoms with E-state index in [2.05, 4.69) is 5.32 Å². The zero-order chi connectivity index (χ0) is 16.9. The predicted octanol–water partition coefficient (Wildman–Crippen LogP) is 2.76. The molecule has 2 heterocycles. The number of rotatable bonds is 4. The van der Waals surface area contributed by atoms with E-state index in [-0.39, 0.29) is 17.7 Å². The lowest BCUT2D eigenvalue weighted by atomic mass is 9.95. The number of benzene rings is 1. The molecule has 3 rings (SSSR count). The van der Waals surface area contributed by atoms with Crippen LogP contribution in [0.3, 0.4) is 0 Å². The Morgan fingerprint density at radius 3 is 2.58 bits per heavy atom. The van der Waals surface area contributed by atoms with Gasteiger partial charge in [0.15, 0.2) is 5.76 Å². The average molecular weight is 326 g/mol. The van der Waals surface area contributed by atoms with Gasteiger partial charge in [0, 0.05) is 25.6 Å². The first-order valence-electron chi connectivity index (χ1n) is 8.30. The van der Waals surface area contributed by atoms with Crippen LogP contribution >= 0.6 is 0 Å². The van der Waals surface area contributed by atoms with E-state index in [1.807, 2.05) is 31.2 Å². The molecule has 5 nitrogen and oxygen atoms in total. The number of hydrogen-bond acceptors (Lipinski definition) is 3. The highest BCUT2D eigenvalue weighted by Crippen LogP contribution is 2.20. The second-order valence-electron chi connectivity index (χ2n) is 6.19. The smallest absolute Gasteiger partial charge is 0.289 e. The first kappa shape index (κ1) is 16.3. The number of amides is 2. The highest BCUT2D eigenvalue weighted by atomic mass is 16.3. The van der Waals surface area contributed by atoms with Crippen molar-refractivity contribution in [3.05, 3.63) is 59.5 Å². The number of hydrogen-bond donors (Lipinski definition) is 1. The van der Waals surface area contributed by atoms with E-state index in [9.17, 15) is 9.59 Å². The lowest BCUT2D eigenvalue weighted by molar-refractivity contribution is -0.126. The van der Waals surface area contributed by atoms with Gasteiger partial charge >= 0.3 is 0 Å². The van der Waals surface area contributed by atoms with Crippen LogP contribution in [0.1, 0.15) is 34.5 Å². The van der Waals surface area contributed by atoms with Crippen LogP contribution in [-0.2, 0) is 11.3 Å². The minimum absolute atomic E-state index is 0.0327. The van der Waals surface area contributed by atoms with E-state index >= 15 is 0 Å². The second-order valence-corrected chi connectivity index (χ2v) is 6.19. The topological polar surface area (TPSA) is 62.6 Å². The quantitative estimate of drug-likeness (QED) is 0.940. The second kappa shape index (κ2) is 7.34. The fraction of sp³-hybridized carbons (Fsp3) is 0.368. The van der Waals surface area contributed by atoms with Gasteiger partial charge in [0.2, 0.25) is 5.91 Å². The molecule has 1 aromatic heterocycles. The molecule has 24 heavy (non-hydrogen) atoms. The molecule has 2 amide bonds. The monoisotopic (exact) mass is 326 g/mol. The molecule has 0 saturated carbocycles. The van der Waals surface area contributed by atoms with Gasteiger partial charge in [-0.25, -0.2) is 0 Å². The van der Waals surface area contributed by atoms with Gasteiger partial charge in [-0.3, -0.25) is 9.59 Å². The molecule has 0 bridgehead atoms. The molecular weight excluding hydrogens is 304 g/mol. The summed E-state index contributed by atoms with van der Waals surface area (Å²) < 4.78 is 5.15. The van der Waals surface area contributed by atoms with E-state index in [1.165, 1.54) is 11.8 Å². The molecule has 0 atom stereocenters. The maximum absolute atomic E-state index is 12.4. The Hall–Kier alpha value is -2.56. The highest BCUT2D eigenvalue weighted by molar-refractivity contribution is 5.91. The summed E-state index contributed by atoms with van der Waals surface area (Å²) in [5, 5.41) is 3.02. The van der Waals surface area contributed by atoms with E-state index in [0.717, 1.165) is 5.56 Å². The Kier molecular flexibility index (Phi) is 4.99. The number of carbonyl (C=O) groups is 2. The number of piperidine rings is 1. The summed E-state index contributed by atoms with van der Waals surface area (Å²) in [7, 11) is 0. The van der Waals surface area contributed by atoms with Gasteiger partial charge in [-0.2, -0.15) is 0 Å². The van der Waals surface area contributed by atoms with Gasteiger partial charge in [0.1, 0.15) is 0 Å². The van der Waals surface area contributed by atoms with Crippen LogP contribution in [0.15, 0.2) is 47.1 Å². The van der Waals surface area contributed by atoms with E-state index in [1.54, 1.807) is 17.0 Å². The predicted molar refractivity (Wildman–Crippen MR) is 90.4 cm³/mol. The zero-order valence-corrected chi connectivity index (χ0v) is 13.8. The molecule has 1 aliphatic rings. The maximum atomic E-state index is 12.4. The molecule has 5 heteroatoms. The minimum Gasteiger partial charge on any atom is -0.459 e. The van der Waals surface area contributed by atoms with Crippen LogP contribution in [0.2, 0.25) is 0 Å². The average Bonchev–Trinajstić information content (AvgIpc) is 3.15.